The van der Waals surface area contributed by atoms with Gasteiger partial charge in [0.2, 0.25) is 5.88 Å². The van der Waals surface area contributed by atoms with E-state index in [1.54, 1.807) is 11.0 Å². The minimum absolute atomic E-state index is 0.0769. The molecule has 5 rings (SSSR count). The Bertz CT molecular complexity index is 1170. The van der Waals surface area contributed by atoms with Crippen molar-refractivity contribution in [2.75, 3.05) is 6.54 Å². The van der Waals surface area contributed by atoms with Crippen molar-refractivity contribution in [3.63, 3.8) is 0 Å². The highest BCUT2D eigenvalue weighted by Crippen LogP contribution is 2.41. The van der Waals surface area contributed by atoms with Gasteiger partial charge in [-0.2, -0.15) is 13.2 Å². The number of nitrogens with zero attached hydrogens (tertiary/aromatic N) is 4. The van der Waals surface area contributed by atoms with E-state index >= 15 is 0 Å². The van der Waals surface area contributed by atoms with Crippen LogP contribution >= 0.6 is 0 Å². The van der Waals surface area contributed by atoms with Crippen molar-refractivity contribution < 1.29 is 27.1 Å². The molecule has 3 atom stereocenters. The van der Waals surface area contributed by atoms with Crippen LogP contribution in [0.3, 0.4) is 0 Å². The monoisotopic (exact) mass is 458 g/mol. The summed E-state index contributed by atoms with van der Waals surface area (Å²) in [7, 11) is 0. The number of carbonyl (C=O) groups excluding carboxylic acids is 1. The average Bonchev–Trinajstić information content (AvgIpc) is 3.40. The van der Waals surface area contributed by atoms with E-state index in [4.69, 9.17) is 4.74 Å². The average molecular weight is 458 g/mol. The van der Waals surface area contributed by atoms with Crippen molar-refractivity contribution in [3.05, 3.63) is 71.9 Å². The first-order chi connectivity index (χ1) is 15.8. The maximum Gasteiger partial charge on any atom is 0.417 e. The molecular formula is C23H18F4N4O2. The van der Waals surface area contributed by atoms with Crippen molar-refractivity contribution in [1.29, 1.82) is 0 Å². The molecule has 2 bridgehead atoms. The van der Waals surface area contributed by atoms with Gasteiger partial charge in [-0.3, -0.25) is 4.79 Å². The topological polar surface area (TPSA) is 68.2 Å². The lowest BCUT2D eigenvalue weighted by Gasteiger charge is -2.33. The molecule has 1 amide bonds. The first-order valence-corrected chi connectivity index (χ1v) is 10.4. The molecule has 3 aromatic rings. The third kappa shape index (κ3) is 4.12. The van der Waals surface area contributed by atoms with Gasteiger partial charge in [0.1, 0.15) is 11.9 Å². The lowest BCUT2D eigenvalue weighted by molar-refractivity contribution is -0.137. The highest BCUT2D eigenvalue weighted by molar-refractivity contribution is 6.00. The summed E-state index contributed by atoms with van der Waals surface area (Å²) >= 11 is 0. The van der Waals surface area contributed by atoms with Crippen LogP contribution in [0, 0.1) is 11.7 Å². The maximum atomic E-state index is 14.0. The number of hydrogen-bond acceptors (Lipinski definition) is 5. The fraction of sp³-hybridized carbons (Fsp3) is 0.304. The number of piperidine rings is 1. The Balaban J connectivity index is 1.37. The largest absolute Gasteiger partial charge is 0.472 e. The smallest absolute Gasteiger partial charge is 0.417 e. The molecule has 0 spiro atoms. The molecule has 0 radical (unpaired) electrons. The number of rotatable bonds is 4. The summed E-state index contributed by atoms with van der Waals surface area (Å²) in [5, 5.41) is 0. The summed E-state index contributed by atoms with van der Waals surface area (Å²) in [6.07, 6.45) is 0.284. The van der Waals surface area contributed by atoms with Crippen molar-refractivity contribution >= 4 is 5.91 Å². The van der Waals surface area contributed by atoms with Gasteiger partial charge in [-0.15, -0.1) is 0 Å². The molecule has 2 fully saturated rings. The molecule has 10 heteroatoms. The van der Waals surface area contributed by atoms with E-state index in [1.165, 1.54) is 36.7 Å². The number of aromatic nitrogens is 3. The van der Waals surface area contributed by atoms with Gasteiger partial charge in [0, 0.05) is 36.8 Å². The maximum absolute atomic E-state index is 14.0. The zero-order valence-corrected chi connectivity index (χ0v) is 17.2. The lowest BCUT2D eigenvalue weighted by Crippen LogP contribution is -2.47. The highest BCUT2D eigenvalue weighted by Gasteiger charge is 2.48. The molecule has 6 nitrogen and oxygen atoms in total. The molecule has 1 aliphatic carbocycles. The van der Waals surface area contributed by atoms with E-state index in [-0.39, 0.29) is 35.1 Å². The number of pyridine rings is 1. The molecule has 3 heterocycles. The minimum Gasteiger partial charge on any atom is -0.472 e. The summed E-state index contributed by atoms with van der Waals surface area (Å²) < 4.78 is 58.1. The number of benzene rings is 1. The number of halogens is 4. The van der Waals surface area contributed by atoms with Crippen LogP contribution < -0.4 is 4.74 Å². The Morgan fingerprint density at radius 3 is 2.52 bits per heavy atom. The lowest BCUT2D eigenvalue weighted by atomic mass is 10.0. The second kappa shape index (κ2) is 8.09. The third-order valence-corrected chi connectivity index (χ3v) is 6.04. The molecule has 2 aromatic heterocycles. The number of alkyl halides is 3. The van der Waals surface area contributed by atoms with E-state index in [2.05, 4.69) is 15.0 Å². The van der Waals surface area contributed by atoms with Crippen LogP contribution in [0.4, 0.5) is 17.6 Å². The first kappa shape index (κ1) is 21.3. The van der Waals surface area contributed by atoms with Crippen LogP contribution in [0.15, 0.2) is 55.0 Å². The van der Waals surface area contributed by atoms with Crippen molar-refractivity contribution in [2.45, 2.75) is 31.2 Å². The summed E-state index contributed by atoms with van der Waals surface area (Å²) in [4.78, 5) is 27.2. The number of hydrogen-bond donors (Lipinski definition) is 0. The van der Waals surface area contributed by atoms with Crippen LogP contribution in [0.2, 0.25) is 0 Å². The molecule has 2 aliphatic rings. The SMILES string of the molecule is O=C(c1ccc(F)cc1-c1ncccn1)N1C[C@H]2CC(Oc3ccc(C(F)(F)F)cn3)C1C2. The normalized spacial score (nSPS) is 21.9. The predicted molar refractivity (Wildman–Crippen MR) is 109 cm³/mol. The Hall–Kier alpha value is -3.56. The molecule has 0 N–H and O–H groups in total. The predicted octanol–water partition coefficient (Wildman–Crippen LogP) is 4.38. The van der Waals surface area contributed by atoms with Gasteiger partial charge in [0.15, 0.2) is 5.82 Å². The van der Waals surface area contributed by atoms with Crippen LogP contribution in [-0.4, -0.2) is 44.4 Å². The second-order valence-electron chi connectivity index (χ2n) is 8.16. The number of carbonyl (C=O) groups is 1. The Morgan fingerprint density at radius 2 is 1.85 bits per heavy atom. The van der Waals surface area contributed by atoms with Gasteiger partial charge in [-0.05, 0) is 49.1 Å². The van der Waals surface area contributed by atoms with Crippen LogP contribution in [-0.2, 0) is 6.18 Å². The van der Waals surface area contributed by atoms with Crippen molar-refractivity contribution in [1.82, 2.24) is 19.9 Å². The zero-order valence-electron chi connectivity index (χ0n) is 17.2. The summed E-state index contributed by atoms with van der Waals surface area (Å²) in [6, 6.07) is 7.34. The molecular weight excluding hydrogens is 440 g/mol. The number of fused-ring (bicyclic) bond motifs is 2. The van der Waals surface area contributed by atoms with E-state index < -0.39 is 23.7 Å². The molecule has 1 saturated carbocycles. The number of amides is 1. The molecule has 33 heavy (non-hydrogen) atoms. The van der Waals surface area contributed by atoms with Crippen LogP contribution in [0.5, 0.6) is 5.88 Å². The Labute approximate surface area is 186 Å². The van der Waals surface area contributed by atoms with E-state index in [0.29, 0.717) is 18.5 Å². The quantitative estimate of drug-likeness (QED) is 0.543. The molecule has 1 aliphatic heterocycles. The van der Waals surface area contributed by atoms with Crippen LogP contribution in [0.25, 0.3) is 11.4 Å². The van der Waals surface area contributed by atoms with Crippen LogP contribution in [0.1, 0.15) is 28.8 Å². The van der Waals surface area contributed by atoms with Gasteiger partial charge >= 0.3 is 6.18 Å². The Kier molecular flexibility index (Phi) is 5.22. The van der Waals surface area contributed by atoms with E-state index in [1.807, 2.05) is 0 Å². The number of likely N-dealkylation sites (tertiary alicyclic amines) is 1. The summed E-state index contributed by atoms with van der Waals surface area (Å²) in [6.45, 7) is 0.524. The van der Waals surface area contributed by atoms with Crippen molar-refractivity contribution in [3.8, 4) is 17.3 Å². The van der Waals surface area contributed by atoms with E-state index in [0.717, 1.165) is 18.7 Å². The molecule has 2 unspecified atom stereocenters. The molecule has 1 saturated heterocycles. The van der Waals surface area contributed by atoms with Crippen molar-refractivity contribution in [2.24, 2.45) is 5.92 Å². The fourth-order valence-electron chi connectivity index (χ4n) is 4.58. The highest BCUT2D eigenvalue weighted by atomic mass is 19.4. The Morgan fingerprint density at radius 1 is 1.06 bits per heavy atom. The van der Waals surface area contributed by atoms with Gasteiger partial charge in [0.05, 0.1) is 17.2 Å². The van der Waals surface area contributed by atoms with Gasteiger partial charge in [-0.25, -0.2) is 19.3 Å². The zero-order chi connectivity index (χ0) is 23.2. The fourth-order valence-corrected chi connectivity index (χ4v) is 4.58. The standard InChI is InChI=1S/C23H18F4N4O2/c24-15-3-4-16(17(10-15)21-28-6-1-7-29-21)22(32)31-12-13-8-18(31)19(9-13)33-20-5-2-14(11-30-20)23(25,26)27/h1-7,10-11,13,18-19H,8-9,12H2/t13-,18?,19?/m1/s1. The minimum atomic E-state index is -4.48. The first-order valence-electron chi connectivity index (χ1n) is 10.4. The number of ether oxygens (including phenoxy) is 1. The van der Waals surface area contributed by atoms with Gasteiger partial charge in [0.25, 0.3) is 5.91 Å². The van der Waals surface area contributed by atoms with E-state index in [9.17, 15) is 22.4 Å². The second-order valence-corrected chi connectivity index (χ2v) is 8.16. The summed E-state index contributed by atoms with van der Waals surface area (Å²) in [5.41, 5.74) is -0.279. The third-order valence-electron chi connectivity index (χ3n) is 6.04. The molecule has 1 aromatic carbocycles. The summed E-state index contributed by atoms with van der Waals surface area (Å²) in [5.74, 6) is -0.278. The van der Waals surface area contributed by atoms with Gasteiger partial charge < -0.3 is 9.64 Å². The van der Waals surface area contributed by atoms with Gasteiger partial charge in [-0.1, -0.05) is 0 Å². The molecule has 170 valence electrons.